The maximum absolute atomic E-state index is 11.6. The Morgan fingerprint density at radius 1 is 1.46 bits per heavy atom. The molecule has 0 radical (unpaired) electrons. The fraction of sp³-hybridized carbons (Fsp3) is 1.00. The van der Waals surface area contributed by atoms with Crippen molar-refractivity contribution in [2.75, 3.05) is 19.3 Å². The highest BCUT2D eigenvalue weighted by Crippen LogP contribution is 2.07. The lowest BCUT2D eigenvalue weighted by molar-refractivity contribution is 0.380. The minimum atomic E-state index is -3.08. The Morgan fingerprint density at radius 3 is 2.38 bits per heavy atom. The molecule has 0 aliphatic rings. The molecule has 0 bridgehead atoms. The molecule has 0 aliphatic carbocycles. The summed E-state index contributed by atoms with van der Waals surface area (Å²) in [6.07, 6.45) is 1.36. The standard InChI is InChI=1S/C8H20N2O2S/c1-4-8(2)10(3)13(11,12)7-5-6-9/h8H,4-7,9H2,1-3H3. The molecule has 0 spiro atoms. The summed E-state index contributed by atoms with van der Waals surface area (Å²) in [5.74, 6) is 0.157. The smallest absolute Gasteiger partial charge is 0.214 e. The van der Waals surface area contributed by atoms with Gasteiger partial charge in [0.05, 0.1) is 5.75 Å². The molecule has 80 valence electrons. The SMILES string of the molecule is CCC(C)N(C)S(=O)(=O)CCCN. The largest absolute Gasteiger partial charge is 0.330 e. The fourth-order valence-corrected chi connectivity index (χ4v) is 2.46. The quantitative estimate of drug-likeness (QED) is 0.687. The minimum Gasteiger partial charge on any atom is -0.330 e. The van der Waals surface area contributed by atoms with E-state index >= 15 is 0 Å². The predicted molar refractivity (Wildman–Crippen MR) is 55.0 cm³/mol. The maximum atomic E-state index is 11.6. The van der Waals surface area contributed by atoms with Gasteiger partial charge in [0, 0.05) is 13.1 Å². The number of hydrogen-bond acceptors (Lipinski definition) is 3. The molecule has 0 heterocycles. The van der Waals surface area contributed by atoms with Gasteiger partial charge in [-0.25, -0.2) is 12.7 Å². The lowest BCUT2D eigenvalue weighted by atomic mass is 10.3. The van der Waals surface area contributed by atoms with Gasteiger partial charge in [-0.2, -0.15) is 0 Å². The van der Waals surface area contributed by atoms with Gasteiger partial charge >= 0.3 is 0 Å². The molecule has 0 aromatic carbocycles. The van der Waals surface area contributed by atoms with Crippen molar-refractivity contribution in [2.24, 2.45) is 5.73 Å². The third-order valence-electron chi connectivity index (χ3n) is 2.26. The van der Waals surface area contributed by atoms with Crippen molar-refractivity contribution in [3.05, 3.63) is 0 Å². The van der Waals surface area contributed by atoms with Gasteiger partial charge in [0.2, 0.25) is 10.0 Å². The molecule has 1 unspecified atom stereocenters. The van der Waals surface area contributed by atoms with Crippen molar-refractivity contribution in [3.8, 4) is 0 Å². The Bertz CT molecular complexity index is 226. The van der Waals surface area contributed by atoms with Gasteiger partial charge in [0.15, 0.2) is 0 Å². The highest BCUT2D eigenvalue weighted by atomic mass is 32.2. The van der Waals surface area contributed by atoms with Crippen LogP contribution in [0.25, 0.3) is 0 Å². The van der Waals surface area contributed by atoms with Crippen LogP contribution in [0.1, 0.15) is 26.7 Å². The Kier molecular flexibility index (Phi) is 5.51. The zero-order valence-corrected chi connectivity index (χ0v) is 9.47. The van der Waals surface area contributed by atoms with Gasteiger partial charge in [-0.3, -0.25) is 0 Å². The van der Waals surface area contributed by atoms with Crippen LogP contribution in [-0.4, -0.2) is 38.1 Å². The van der Waals surface area contributed by atoms with E-state index in [1.54, 1.807) is 7.05 Å². The van der Waals surface area contributed by atoms with E-state index in [4.69, 9.17) is 5.73 Å². The van der Waals surface area contributed by atoms with E-state index in [0.717, 1.165) is 6.42 Å². The molecule has 0 saturated carbocycles. The number of rotatable bonds is 6. The summed E-state index contributed by atoms with van der Waals surface area (Å²) >= 11 is 0. The lowest BCUT2D eigenvalue weighted by Crippen LogP contribution is -2.36. The Labute approximate surface area is 81.2 Å². The summed E-state index contributed by atoms with van der Waals surface area (Å²) in [7, 11) is -1.46. The molecule has 0 aromatic heterocycles. The van der Waals surface area contributed by atoms with Crippen LogP contribution in [0.5, 0.6) is 0 Å². The van der Waals surface area contributed by atoms with Crippen molar-refractivity contribution in [3.63, 3.8) is 0 Å². The zero-order valence-electron chi connectivity index (χ0n) is 8.66. The first-order chi connectivity index (χ1) is 5.95. The van der Waals surface area contributed by atoms with Crippen molar-refractivity contribution < 1.29 is 8.42 Å². The van der Waals surface area contributed by atoms with Crippen molar-refractivity contribution in [2.45, 2.75) is 32.7 Å². The molecule has 0 amide bonds. The molecule has 0 saturated heterocycles. The van der Waals surface area contributed by atoms with Crippen LogP contribution in [0, 0.1) is 0 Å². The summed E-state index contributed by atoms with van der Waals surface area (Å²) in [5, 5.41) is 0. The van der Waals surface area contributed by atoms with Crippen molar-refractivity contribution in [1.29, 1.82) is 0 Å². The monoisotopic (exact) mass is 208 g/mol. The van der Waals surface area contributed by atoms with Crippen LogP contribution in [-0.2, 0) is 10.0 Å². The molecule has 1 atom stereocenters. The van der Waals surface area contributed by atoms with E-state index in [9.17, 15) is 8.42 Å². The number of nitrogens with zero attached hydrogens (tertiary/aromatic N) is 1. The summed E-state index contributed by atoms with van der Waals surface area (Å²) in [4.78, 5) is 0. The molecule has 0 aromatic rings. The van der Waals surface area contributed by atoms with Crippen LogP contribution >= 0.6 is 0 Å². The first kappa shape index (κ1) is 12.9. The van der Waals surface area contributed by atoms with E-state index in [1.165, 1.54) is 4.31 Å². The second kappa shape index (κ2) is 5.57. The second-order valence-corrected chi connectivity index (χ2v) is 5.38. The third-order valence-corrected chi connectivity index (χ3v) is 4.30. The number of nitrogens with two attached hydrogens (primary N) is 1. The Balaban J connectivity index is 4.28. The average Bonchev–Trinajstić information content (AvgIpc) is 2.12. The van der Waals surface area contributed by atoms with Crippen LogP contribution < -0.4 is 5.73 Å². The van der Waals surface area contributed by atoms with Crippen LogP contribution in [0.15, 0.2) is 0 Å². The normalized spacial score (nSPS) is 14.8. The zero-order chi connectivity index (χ0) is 10.5. The van der Waals surface area contributed by atoms with E-state index in [2.05, 4.69) is 0 Å². The highest BCUT2D eigenvalue weighted by Gasteiger charge is 2.20. The minimum absolute atomic E-state index is 0.0720. The van der Waals surface area contributed by atoms with Gasteiger partial charge in [-0.1, -0.05) is 6.92 Å². The Morgan fingerprint density at radius 2 is 2.00 bits per heavy atom. The molecule has 0 fully saturated rings. The van der Waals surface area contributed by atoms with Crippen LogP contribution in [0.2, 0.25) is 0 Å². The first-order valence-corrected chi connectivity index (χ1v) is 6.22. The summed E-state index contributed by atoms with van der Waals surface area (Å²) in [5.41, 5.74) is 5.26. The average molecular weight is 208 g/mol. The van der Waals surface area contributed by atoms with Gasteiger partial charge in [-0.05, 0) is 26.3 Å². The topological polar surface area (TPSA) is 63.4 Å². The third kappa shape index (κ3) is 4.06. The van der Waals surface area contributed by atoms with Gasteiger partial charge < -0.3 is 5.73 Å². The highest BCUT2D eigenvalue weighted by molar-refractivity contribution is 7.89. The van der Waals surface area contributed by atoms with E-state index < -0.39 is 10.0 Å². The van der Waals surface area contributed by atoms with Gasteiger partial charge in [0.25, 0.3) is 0 Å². The summed E-state index contributed by atoms with van der Waals surface area (Å²) < 4.78 is 24.6. The first-order valence-electron chi connectivity index (χ1n) is 4.61. The van der Waals surface area contributed by atoms with Gasteiger partial charge in [0.1, 0.15) is 0 Å². The van der Waals surface area contributed by atoms with Crippen LogP contribution in [0.4, 0.5) is 0 Å². The molecular formula is C8H20N2O2S. The maximum Gasteiger partial charge on any atom is 0.214 e. The van der Waals surface area contributed by atoms with E-state index in [1.807, 2.05) is 13.8 Å². The van der Waals surface area contributed by atoms with E-state index in [0.29, 0.717) is 13.0 Å². The fourth-order valence-electron chi connectivity index (χ4n) is 0.941. The molecule has 4 nitrogen and oxygen atoms in total. The lowest BCUT2D eigenvalue weighted by Gasteiger charge is -2.22. The molecule has 2 N–H and O–H groups in total. The summed E-state index contributed by atoms with van der Waals surface area (Å²) in [6, 6.07) is 0.0720. The van der Waals surface area contributed by atoms with Crippen LogP contribution in [0.3, 0.4) is 0 Å². The molecule has 0 aliphatic heterocycles. The second-order valence-electron chi connectivity index (χ2n) is 3.23. The molecule has 0 rings (SSSR count). The molecule has 13 heavy (non-hydrogen) atoms. The Hall–Kier alpha value is -0.130. The van der Waals surface area contributed by atoms with Gasteiger partial charge in [-0.15, -0.1) is 0 Å². The summed E-state index contributed by atoms with van der Waals surface area (Å²) in [6.45, 7) is 4.30. The van der Waals surface area contributed by atoms with Crippen molar-refractivity contribution >= 4 is 10.0 Å². The van der Waals surface area contributed by atoms with Crippen molar-refractivity contribution in [1.82, 2.24) is 4.31 Å². The molecular weight excluding hydrogens is 188 g/mol. The predicted octanol–water partition coefficient (Wildman–Crippen LogP) is 0.395. The number of sulfonamides is 1. The van der Waals surface area contributed by atoms with E-state index in [-0.39, 0.29) is 11.8 Å². The molecule has 5 heteroatoms. The number of hydrogen-bond donors (Lipinski definition) is 1.